The number of rotatable bonds is 7. The fourth-order valence-electron chi connectivity index (χ4n) is 1.19. The number of aliphatic hydroxyl groups is 1. The van der Waals surface area contributed by atoms with Crippen molar-refractivity contribution >= 4 is 11.9 Å². The molecule has 0 saturated carbocycles. The van der Waals surface area contributed by atoms with Crippen LogP contribution < -0.4 is 0 Å². The average Bonchev–Trinajstić information content (AvgIpc) is 2.99. The Kier molecular flexibility index (Phi) is 4.45. The molecule has 0 amide bonds. The number of carbonyl (C=O) groups excluding carboxylic acids is 1. The first-order valence-corrected chi connectivity index (χ1v) is 4.87. The smallest absolute Gasteiger partial charge is 0.334 e. The number of ether oxygens (including phenoxy) is 2. The molecule has 1 rings (SSSR count). The molecule has 1 saturated heterocycles. The number of epoxide rings is 1. The highest BCUT2D eigenvalue weighted by atomic mass is 16.6. The lowest BCUT2D eigenvalue weighted by Crippen LogP contribution is -2.26. The van der Waals surface area contributed by atoms with E-state index in [1.807, 2.05) is 0 Å². The van der Waals surface area contributed by atoms with Crippen LogP contribution in [-0.4, -0.2) is 47.6 Å². The van der Waals surface area contributed by atoms with E-state index in [1.54, 1.807) is 0 Å². The molecule has 2 unspecified atom stereocenters. The molecule has 6 nitrogen and oxygen atoms in total. The molecule has 2 atom stereocenters. The van der Waals surface area contributed by atoms with Gasteiger partial charge in [-0.3, -0.25) is 4.79 Å². The molecule has 0 aromatic rings. The van der Waals surface area contributed by atoms with E-state index in [1.165, 1.54) is 0 Å². The number of hydrogen-bond donors (Lipinski definition) is 2. The highest BCUT2D eigenvalue weighted by Gasteiger charge is 2.35. The molecule has 16 heavy (non-hydrogen) atoms. The molecule has 2 N–H and O–H groups in total. The Morgan fingerprint density at radius 1 is 1.56 bits per heavy atom. The van der Waals surface area contributed by atoms with Crippen LogP contribution >= 0.6 is 0 Å². The summed E-state index contributed by atoms with van der Waals surface area (Å²) in [4.78, 5) is 21.7. The Morgan fingerprint density at radius 3 is 2.62 bits per heavy atom. The lowest BCUT2D eigenvalue weighted by Gasteiger charge is -2.14. The largest absolute Gasteiger partial charge is 0.481 e. The highest BCUT2D eigenvalue weighted by molar-refractivity contribution is 5.92. The minimum absolute atomic E-state index is 0.115. The fourth-order valence-corrected chi connectivity index (χ4v) is 1.19. The molecule has 1 fully saturated rings. The van der Waals surface area contributed by atoms with Crippen LogP contribution in [-0.2, 0) is 19.1 Å². The Bertz CT molecular complexity index is 294. The maximum atomic E-state index is 11.4. The molecule has 0 aromatic heterocycles. The zero-order valence-corrected chi connectivity index (χ0v) is 8.72. The Balaban J connectivity index is 2.41. The van der Waals surface area contributed by atoms with Gasteiger partial charge in [0.15, 0.2) is 0 Å². The molecule has 90 valence electrons. The van der Waals surface area contributed by atoms with Crippen molar-refractivity contribution in [3.8, 4) is 0 Å². The molecule has 6 heteroatoms. The van der Waals surface area contributed by atoms with Crippen LogP contribution in [0.4, 0.5) is 0 Å². The van der Waals surface area contributed by atoms with Crippen molar-refractivity contribution in [2.75, 3.05) is 13.2 Å². The Labute approximate surface area is 92.5 Å². The quantitative estimate of drug-likeness (QED) is 0.354. The van der Waals surface area contributed by atoms with E-state index in [0.717, 1.165) is 0 Å². The van der Waals surface area contributed by atoms with Crippen LogP contribution in [0.2, 0.25) is 0 Å². The van der Waals surface area contributed by atoms with Gasteiger partial charge in [-0.05, 0) is 0 Å². The minimum Gasteiger partial charge on any atom is -0.481 e. The summed E-state index contributed by atoms with van der Waals surface area (Å²) >= 11 is 0. The van der Waals surface area contributed by atoms with E-state index in [0.29, 0.717) is 6.61 Å². The number of esters is 1. The molecular formula is C10H14O6. The summed E-state index contributed by atoms with van der Waals surface area (Å²) in [6.45, 7) is 3.70. The molecule has 1 aliphatic heterocycles. The lowest BCUT2D eigenvalue weighted by molar-refractivity contribution is -0.148. The van der Waals surface area contributed by atoms with Crippen LogP contribution in [0.15, 0.2) is 12.2 Å². The highest BCUT2D eigenvalue weighted by Crippen LogP contribution is 2.20. The number of hydrogen-bond acceptors (Lipinski definition) is 5. The van der Waals surface area contributed by atoms with Crippen molar-refractivity contribution in [3.63, 3.8) is 0 Å². The summed E-state index contributed by atoms with van der Waals surface area (Å²) in [6.07, 6.45) is -0.885. The summed E-state index contributed by atoms with van der Waals surface area (Å²) in [7, 11) is 0. The van der Waals surface area contributed by atoms with Crippen molar-refractivity contribution < 1.29 is 29.3 Å². The van der Waals surface area contributed by atoms with Gasteiger partial charge in [0.05, 0.1) is 13.0 Å². The normalized spacial score (nSPS) is 19.9. The summed E-state index contributed by atoms with van der Waals surface area (Å²) in [5.41, 5.74) is -0.115. The van der Waals surface area contributed by atoms with E-state index in [-0.39, 0.29) is 24.7 Å². The zero-order chi connectivity index (χ0) is 12.1. The minimum atomic E-state index is -1.14. The van der Waals surface area contributed by atoms with Gasteiger partial charge in [-0.25, -0.2) is 4.79 Å². The predicted octanol–water partition coefficient (Wildman–Crippen LogP) is -0.290. The van der Waals surface area contributed by atoms with Crippen molar-refractivity contribution in [2.24, 2.45) is 0 Å². The van der Waals surface area contributed by atoms with Gasteiger partial charge < -0.3 is 19.7 Å². The predicted molar refractivity (Wildman–Crippen MR) is 52.7 cm³/mol. The van der Waals surface area contributed by atoms with E-state index < -0.39 is 24.5 Å². The van der Waals surface area contributed by atoms with Gasteiger partial charge in [0.2, 0.25) is 0 Å². The number of carboxylic acid groups (broad SMARTS) is 1. The third-order valence-corrected chi connectivity index (χ3v) is 2.10. The first-order chi connectivity index (χ1) is 7.54. The van der Waals surface area contributed by atoms with Gasteiger partial charge in [0.25, 0.3) is 0 Å². The maximum Gasteiger partial charge on any atom is 0.334 e. The van der Waals surface area contributed by atoms with E-state index >= 15 is 0 Å². The van der Waals surface area contributed by atoms with Crippen LogP contribution in [0.3, 0.4) is 0 Å². The topological polar surface area (TPSA) is 96.4 Å². The monoisotopic (exact) mass is 230 g/mol. The summed E-state index contributed by atoms with van der Waals surface area (Å²) < 4.78 is 9.94. The second kappa shape index (κ2) is 5.62. The molecule has 0 aliphatic carbocycles. The molecular weight excluding hydrogens is 216 g/mol. The van der Waals surface area contributed by atoms with E-state index in [9.17, 15) is 9.59 Å². The summed E-state index contributed by atoms with van der Waals surface area (Å²) in [6, 6.07) is 0. The van der Waals surface area contributed by atoms with Gasteiger partial charge in [-0.2, -0.15) is 0 Å². The van der Waals surface area contributed by atoms with Crippen LogP contribution in [0.1, 0.15) is 12.8 Å². The first kappa shape index (κ1) is 12.7. The van der Waals surface area contributed by atoms with Crippen molar-refractivity contribution in [2.45, 2.75) is 25.0 Å². The van der Waals surface area contributed by atoms with Gasteiger partial charge in [-0.15, -0.1) is 0 Å². The molecule has 1 heterocycles. The molecule has 0 bridgehead atoms. The number of carboxylic acids is 1. The second-order valence-corrected chi connectivity index (χ2v) is 3.50. The first-order valence-electron chi connectivity index (χ1n) is 4.87. The SMILES string of the molecule is C=C(CC(=O)O)C(=O)OC(CCO)C1CO1. The van der Waals surface area contributed by atoms with Crippen LogP contribution in [0.5, 0.6) is 0 Å². The lowest BCUT2D eigenvalue weighted by atomic mass is 10.2. The van der Waals surface area contributed by atoms with Crippen molar-refractivity contribution in [3.05, 3.63) is 12.2 Å². The Hall–Kier alpha value is -1.40. The number of carbonyl (C=O) groups is 2. The third-order valence-electron chi connectivity index (χ3n) is 2.10. The standard InChI is InChI=1S/C10H14O6/c1-6(4-9(12)13)10(14)16-7(2-3-11)8-5-15-8/h7-8,11H,1-5H2,(H,12,13). The summed E-state index contributed by atoms with van der Waals surface area (Å²) in [5.74, 6) is -1.89. The van der Waals surface area contributed by atoms with Gasteiger partial charge >= 0.3 is 11.9 Å². The average molecular weight is 230 g/mol. The molecule has 0 radical (unpaired) electrons. The number of aliphatic carboxylic acids is 1. The zero-order valence-electron chi connectivity index (χ0n) is 8.72. The number of aliphatic hydroxyl groups excluding tert-OH is 1. The Morgan fingerprint density at radius 2 is 2.19 bits per heavy atom. The van der Waals surface area contributed by atoms with E-state index in [4.69, 9.17) is 19.7 Å². The van der Waals surface area contributed by atoms with Gasteiger partial charge in [0, 0.05) is 18.6 Å². The van der Waals surface area contributed by atoms with Crippen LogP contribution in [0.25, 0.3) is 0 Å². The van der Waals surface area contributed by atoms with Gasteiger partial charge in [0.1, 0.15) is 12.2 Å². The second-order valence-electron chi connectivity index (χ2n) is 3.50. The van der Waals surface area contributed by atoms with Crippen LogP contribution in [0, 0.1) is 0 Å². The summed E-state index contributed by atoms with van der Waals surface area (Å²) in [5, 5.41) is 17.2. The molecule has 1 aliphatic rings. The third kappa shape index (κ3) is 4.00. The van der Waals surface area contributed by atoms with Crippen molar-refractivity contribution in [1.29, 1.82) is 0 Å². The fraction of sp³-hybridized carbons (Fsp3) is 0.600. The van der Waals surface area contributed by atoms with Crippen molar-refractivity contribution in [1.82, 2.24) is 0 Å². The van der Waals surface area contributed by atoms with E-state index in [2.05, 4.69) is 6.58 Å². The maximum absolute atomic E-state index is 11.4. The van der Waals surface area contributed by atoms with Gasteiger partial charge in [-0.1, -0.05) is 6.58 Å². The molecule has 0 aromatic carbocycles. The molecule has 0 spiro atoms.